The van der Waals surface area contributed by atoms with Gasteiger partial charge in [0.2, 0.25) is 0 Å². The molecule has 0 aromatic carbocycles. The summed E-state index contributed by atoms with van der Waals surface area (Å²) in [4.78, 5) is 83.5. The molecule has 1 amide bonds. The van der Waals surface area contributed by atoms with Gasteiger partial charge < -0.3 is 55.9 Å². The molecule has 1 saturated heterocycles. The summed E-state index contributed by atoms with van der Waals surface area (Å²) in [6.45, 7) is 21.0. The quantitative estimate of drug-likeness (QED) is 0.0201. The second-order valence-corrected chi connectivity index (χ2v) is 32.8. The van der Waals surface area contributed by atoms with Crippen LogP contribution in [0.3, 0.4) is 0 Å². The minimum atomic E-state index is -4.08. The van der Waals surface area contributed by atoms with Crippen LogP contribution in [0.1, 0.15) is 118 Å². The highest BCUT2D eigenvalue weighted by atomic mass is 31.2. The Morgan fingerprint density at radius 1 is 0.886 bits per heavy atom. The van der Waals surface area contributed by atoms with Gasteiger partial charge in [0.05, 0.1) is 32.5 Å². The first-order valence-corrected chi connectivity index (χ1v) is 34.4. The summed E-state index contributed by atoms with van der Waals surface area (Å²) in [5.41, 5.74) is -1.54. The standard InChI is InChI=1S/C44H84N5O17PSi3/c1-32(2)49(33(3)4)31-59-47-67(56)63-39-37(30-60-70(65-68(6,7)8,66-69(9,10)11)64-35-21-19-17-15-13-12-14-16-18-20-22-35)61-41(48-25-23-38(51)46-43(48)54)40(39)62-44(55)45-24-26-57-27-28-58-36(42(52)53)29-34(5)50/h23,25,32-33,35-37,39-41,47,56H,12-22,24,26-31H2,1-11H3,(H,45,55)(H,52,53)(H,46,51,54)/t36?,37-,39-,40-,41-,67?/m1/s1. The van der Waals surface area contributed by atoms with Crippen LogP contribution in [0.15, 0.2) is 21.9 Å². The fourth-order valence-electron chi connectivity index (χ4n) is 7.90. The van der Waals surface area contributed by atoms with Crippen LogP contribution in [0.4, 0.5) is 4.79 Å². The van der Waals surface area contributed by atoms with Gasteiger partial charge >= 0.3 is 26.8 Å². The van der Waals surface area contributed by atoms with Crippen molar-refractivity contribution in [1.82, 2.24) is 25.0 Å². The Morgan fingerprint density at radius 2 is 1.47 bits per heavy atom. The molecular formula is C44H84N5O17PSi3. The van der Waals surface area contributed by atoms with Crippen molar-refractivity contribution in [2.24, 2.45) is 0 Å². The van der Waals surface area contributed by atoms with E-state index in [1.807, 2.05) is 71.9 Å². The van der Waals surface area contributed by atoms with Crippen LogP contribution >= 0.6 is 8.53 Å². The van der Waals surface area contributed by atoms with Gasteiger partial charge in [-0.25, -0.2) is 14.4 Å². The van der Waals surface area contributed by atoms with Crippen molar-refractivity contribution in [3.05, 3.63) is 33.1 Å². The second kappa shape index (κ2) is 30.8. The molecule has 26 heteroatoms. The molecule has 1 aliphatic heterocycles. The average Bonchev–Trinajstić information content (AvgIpc) is 3.55. The molecule has 1 saturated carbocycles. The summed E-state index contributed by atoms with van der Waals surface area (Å²) in [6.07, 6.45) is 4.70. The van der Waals surface area contributed by atoms with Crippen molar-refractivity contribution >= 4 is 52.1 Å². The molecule has 2 aliphatic rings. The van der Waals surface area contributed by atoms with Gasteiger partial charge in [0.25, 0.3) is 14.1 Å². The molecule has 5 N–H and O–H groups in total. The summed E-state index contributed by atoms with van der Waals surface area (Å²) in [5.74, 6) is -1.61. The van der Waals surface area contributed by atoms with Gasteiger partial charge in [-0.1, -0.05) is 57.8 Å². The average molecular weight is 1070 g/mol. The highest BCUT2D eigenvalue weighted by molar-refractivity contribution is 7.43. The Bertz CT molecular complexity index is 1800. The predicted octanol–water partition coefficient (Wildman–Crippen LogP) is 6.04. The molecule has 404 valence electrons. The Morgan fingerprint density at radius 3 is 2.00 bits per heavy atom. The van der Waals surface area contributed by atoms with E-state index in [4.69, 9.17) is 45.4 Å². The first-order chi connectivity index (χ1) is 32.9. The van der Waals surface area contributed by atoms with E-state index >= 15 is 0 Å². The summed E-state index contributed by atoms with van der Waals surface area (Å²) < 4.78 is 58.5. The monoisotopic (exact) mass is 1070 g/mol. The predicted molar refractivity (Wildman–Crippen MR) is 268 cm³/mol. The number of hydrogen-bond acceptors (Lipinski definition) is 18. The Labute approximate surface area is 418 Å². The van der Waals surface area contributed by atoms with Crippen LogP contribution in [0.2, 0.25) is 39.3 Å². The lowest BCUT2D eigenvalue weighted by Crippen LogP contribution is -2.61. The third-order valence-electron chi connectivity index (χ3n) is 11.0. The third-order valence-corrected chi connectivity index (χ3v) is 19.8. The van der Waals surface area contributed by atoms with Gasteiger partial charge in [-0.2, -0.15) is 0 Å². The summed E-state index contributed by atoms with van der Waals surface area (Å²) in [7, 11) is -11.7. The van der Waals surface area contributed by atoms with Crippen molar-refractivity contribution < 1.29 is 69.8 Å². The molecule has 1 aliphatic carbocycles. The van der Waals surface area contributed by atoms with Crippen molar-refractivity contribution in [2.45, 2.75) is 200 Å². The lowest BCUT2D eigenvalue weighted by molar-refractivity contribution is -0.153. The number of nitrogens with one attached hydrogen (secondary N) is 3. The number of carboxylic acids is 1. The number of aromatic amines is 1. The number of carbonyl (C=O) groups is 3. The number of amides is 1. The van der Waals surface area contributed by atoms with Crippen LogP contribution < -0.4 is 21.8 Å². The zero-order valence-corrected chi connectivity index (χ0v) is 47.3. The number of carboxylic acid groups (broad SMARTS) is 1. The number of carbonyl (C=O) groups excluding carboxylic acids is 2. The maximum Gasteiger partial charge on any atom is 0.658 e. The summed E-state index contributed by atoms with van der Waals surface area (Å²) in [6, 6.07) is 1.34. The van der Waals surface area contributed by atoms with Crippen LogP contribution in [0.5, 0.6) is 0 Å². The first-order valence-electron chi connectivity index (χ1n) is 24.7. The molecule has 6 atom stereocenters. The van der Waals surface area contributed by atoms with Gasteiger partial charge in [0.1, 0.15) is 24.7 Å². The molecule has 1 aromatic rings. The van der Waals surface area contributed by atoms with E-state index in [2.05, 4.69) is 15.6 Å². The molecule has 2 unspecified atom stereocenters. The molecule has 70 heavy (non-hydrogen) atoms. The molecule has 0 bridgehead atoms. The van der Waals surface area contributed by atoms with Crippen LogP contribution in [0, 0.1) is 0 Å². The molecule has 2 fully saturated rings. The maximum atomic E-state index is 13.6. The van der Waals surface area contributed by atoms with Crippen molar-refractivity contribution in [3.8, 4) is 0 Å². The molecule has 1 aromatic heterocycles. The molecule has 22 nitrogen and oxygen atoms in total. The number of rotatable bonds is 29. The molecule has 2 heterocycles. The number of aromatic nitrogens is 2. The minimum absolute atomic E-state index is 0.0387. The van der Waals surface area contributed by atoms with E-state index in [1.54, 1.807) is 0 Å². The number of ether oxygens (including phenoxy) is 4. The highest BCUT2D eigenvalue weighted by Crippen LogP contribution is 2.41. The second-order valence-electron chi connectivity index (χ2n) is 20.2. The smallest absolute Gasteiger partial charge is 0.479 e. The number of ketones is 1. The SMILES string of the molecule is CC(=O)CC(OCCOCCNC(=O)O[C@@H]1[C@H](OP(O)NOCN(C(C)C)C(C)C)[C@@H](CO[Si](OC2CCCCCCCCCCC2)(O[Si](C)(C)C)O[Si](C)(C)C)O[C@H]1n1ccc(=O)[nH]c1=O)C(=O)O. The van der Waals surface area contributed by atoms with E-state index in [9.17, 15) is 34.0 Å². The van der Waals surface area contributed by atoms with Crippen LogP contribution in [0.25, 0.3) is 0 Å². The van der Waals surface area contributed by atoms with Gasteiger partial charge in [0, 0.05) is 37.3 Å². The van der Waals surface area contributed by atoms with Gasteiger partial charge in [-0.15, -0.1) is 5.25 Å². The Kier molecular flexibility index (Phi) is 27.3. The van der Waals surface area contributed by atoms with Gasteiger partial charge in [-0.05, 0) is 86.7 Å². The molecule has 0 radical (unpaired) electrons. The van der Waals surface area contributed by atoms with E-state index in [0.717, 1.165) is 62.0 Å². The van der Waals surface area contributed by atoms with Crippen LogP contribution in [-0.2, 0) is 55.0 Å². The number of alkyl carbamates (subject to hydrolysis) is 1. The van der Waals surface area contributed by atoms with Crippen molar-refractivity contribution in [1.29, 1.82) is 0 Å². The summed E-state index contributed by atoms with van der Waals surface area (Å²) >= 11 is 0. The molecular weight excluding hydrogens is 986 g/mol. The lowest BCUT2D eigenvalue weighted by Gasteiger charge is -2.40. The number of aliphatic carboxylic acids is 1. The van der Waals surface area contributed by atoms with Crippen LogP contribution in [-0.4, -0.2) is 150 Å². The molecule has 0 spiro atoms. The van der Waals surface area contributed by atoms with Crippen molar-refractivity contribution in [2.75, 3.05) is 39.7 Å². The fourth-order valence-corrected chi connectivity index (χ4v) is 17.1. The number of Topliss-reactive ketones (excluding diaryl/α,β-unsaturated/α-hetero) is 1. The van der Waals surface area contributed by atoms with E-state index in [0.29, 0.717) is 0 Å². The van der Waals surface area contributed by atoms with Crippen molar-refractivity contribution in [3.63, 3.8) is 0 Å². The number of H-pyrrole nitrogens is 1. The van der Waals surface area contributed by atoms with E-state index in [1.165, 1.54) is 32.4 Å². The topological polar surface area (TPSA) is 266 Å². The zero-order valence-electron chi connectivity index (χ0n) is 43.4. The third kappa shape index (κ3) is 23.7. The Hall–Kier alpha value is -2.31. The summed E-state index contributed by atoms with van der Waals surface area (Å²) in [5, 5.41) is 14.5. The fraction of sp³-hybridized carbons (Fsp3) is 0.841. The number of nitrogens with zero attached hydrogens (tertiary/aromatic N) is 2. The number of hydrogen-bond donors (Lipinski definition) is 5. The van der Waals surface area contributed by atoms with E-state index < -0.39 is 88.2 Å². The lowest BCUT2D eigenvalue weighted by atomic mass is 10.00. The molecule has 3 rings (SSSR count). The largest absolute Gasteiger partial charge is 0.658 e. The minimum Gasteiger partial charge on any atom is -0.479 e. The first kappa shape index (κ1) is 62.0. The van der Waals surface area contributed by atoms with Gasteiger partial charge in [0.15, 0.2) is 35.1 Å². The van der Waals surface area contributed by atoms with E-state index in [-0.39, 0.29) is 70.1 Å². The normalized spacial score (nSPS) is 21.4. The zero-order chi connectivity index (χ0) is 52.1. The van der Waals surface area contributed by atoms with Gasteiger partial charge in [-0.3, -0.25) is 28.9 Å². The highest BCUT2D eigenvalue weighted by Gasteiger charge is 2.56. The Balaban J connectivity index is 1.98. The maximum absolute atomic E-state index is 13.6.